The molecule has 1 aliphatic heterocycles. The Morgan fingerprint density at radius 1 is 0.886 bits per heavy atom. The molecule has 0 N–H and O–H groups in total. The van der Waals surface area contributed by atoms with Gasteiger partial charge >= 0.3 is 24.5 Å². The number of alkyl halides is 9. The highest BCUT2D eigenvalue weighted by atomic mass is 19.4. The number of hydrogen-bond acceptors (Lipinski definition) is 3. The predicted molar refractivity (Wildman–Crippen MR) is 106 cm³/mol. The van der Waals surface area contributed by atoms with Crippen molar-refractivity contribution >= 4 is 5.97 Å². The van der Waals surface area contributed by atoms with Gasteiger partial charge in [0.1, 0.15) is 0 Å². The third-order valence-corrected chi connectivity index (χ3v) is 5.91. The maximum atomic E-state index is 13.6. The summed E-state index contributed by atoms with van der Waals surface area (Å²) in [5, 5.41) is 0. The van der Waals surface area contributed by atoms with E-state index in [2.05, 4.69) is 4.74 Å². The molecule has 0 aromatic heterocycles. The molecular weight excluding hydrogens is 493 g/mol. The number of rotatable bonds is 5. The fraction of sp³-hybridized carbons (Fsp3) is 0.435. The van der Waals surface area contributed by atoms with Gasteiger partial charge in [0.2, 0.25) is 0 Å². The normalized spacial score (nSPS) is 19.7. The Kier molecular flexibility index (Phi) is 7.45. The summed E-state index contributed by atoms with van der Waals surface area (Å²) in [5.74, 6) is -1.01. The molecule has 0 unspecified atom stereocenters. The lowest BCUT2D eigenvalue weighted by molar-refractivity contribution is -0.142. The van der Waals surface area contributed by atoms with E-state index in [1.54, 1.807) is 0 Å². The molecule has 0 amide bonds. The molecule has 3 rings (SSSR count). The molecule has 12 heteroatoms. The fourth-order valence-electron chi connectivity index (χ4n) is 4.28. The van der Waals surface area contributed by atoms with Crippen LogP contribution in [0.5, 0.6) is 0 Å². The summed E-state index contributed by atoms with van der Waals surface area (Å²) in [4.78, 5) is 13.2. The van der Waals surface area contributed by atoms with Gasteiger partial charge in [-0.15, -0.1) is 0 Å². The highest BCUT2D eigenvalue weighted by Crippen LogP contribution is 2.42. The topological polar surface area (TPSA) is 29.5 Å². The van der Waals surface area contributed by atoms with Crippen LogP contribution in [-0.4, -0.2) is 24.5 Å². The molecule has 35 heavy (non-hydrogen) atoms. The zero-order valence-electron chi connectivity index (χ0n) is 18.2. The van der Waals surface area contributed by atoms with E-state index in [0.29, 0.717) is 23.8 Å². The molecule has 0 saturated carbocycles. The number of carbonyl (C=O) groups is 1. The first-order chi connectivity index (χ1) is 16.1. The minimum Gasteiger partial charge on any atom is -0.469 e. The van der Waals surface area contributed by atoms with Crippen LogP contribution in [0.4, 0.5) is 39.5 Å². The van der Waals surface area contributed by atoms with Gasteiger partial charge in [0.25, 0.3) is 0 Å². The Bertz CT molecular complexity index is 1040. The van der Waals surface area contributed by atoms with Crippen LogP contribution in [0.1, 0.15) is 46.7 Å². The van der Waals surface area contributed by atoms with Crippen molar-refractivity contribution in [3.05, 3.63) is 70.3 Å². The molecular formula is C23H20F9NO2. The van der Waals surface area contributed by atoms with Crippen molar-refractivity contribution in [3.8, 4) is 0 Å². The molecule has 2 aromatic rings. The zero-order valence-corrected chi connectivity index (χ0v) is 18.2. The number of benzene rings is 2. The van der Waals surface area contributed by atoms with E-state index in [1.165, 1.54) is 17.0 Å². The Hall–Kier alpha value is -2.76. The Morgan fingerprint density at radius 3 is 1.97 bits per heavy atom. The SMILES string of the molecule is COC(=O)C[C@@H]1C[C@H](c2ccc(C(F)(F)F)cc2)N(Cc2cc(C(F)(F)F)ccc2C(F)(F)F)C1. The Balaban J connectivity index is 1.99. The van der Waals surface area contributed by atoms with Crippen LogP contribution < -0.4 is 0 Å². The van der Waals surface area contributed by atoms with Crippen LogP contribution >= 0.6 is 0 Å². The lowest BCUT2D eigenvalue weighted by Gasteiger charge is -2.27. The lowest BCUT2D eigenvalue weighted by atomic mass is 9.96. The number of likely N-dealkylation sites (tertiary alicyclic amines) is 1. The van der Waals surface area contributed by atoms with Gasteiger partial charge in [0.15, 0.2) is 0 Å². The third-order valence-electron chi connectivity index (χ3n) is 5.91. The largest absolute Gasteiger partial charge is 0.469 e. The lowest BCUT2D eigenvalue weighted by Crippen LogP contribution is -2.26. The second kappa shape index (κ2) is 9.71. The molecule has 2 aromatic carbocycles. The van der Waals surface area contributed by atoms with Crippen LogP contribution in [-0.2, 0) is 34.6 Å². The molecule has 192 valence electrons. The average molecular weight is 513 g/mol. The molecule has 0 bridgehead atoms. The maximum absolute atomic E-state index is 13.6. The minimum absolute atomic E-state index is 0.0360. The van der Waals surface area contributed by atoms with Crippen molar-refractivity contribution in [2.45, 2.75) is 44.0 Å². The van der Waals surface area contributed by atoms with Crippen molar-refractivity contribution in [2.75, 3.05) is 13.7 Å². The van der Waals surface area contributed by atoms with E-state index in [4.69, 9.17) is 0 Å². The first-order valence-electron chi connectivity index (χ1n) is 10.3. The highest BCUT2D eigenvalue weighted by molar-refractivity contribution is 5.69. The minimum atomic E-state index is -4.92. The van der Waals surface area contributed by atoms with Gasteiger partial charge in [-0.1, -0.05) is 12.1 Å². The molecule has 1 heterocycles. The molecule has 0 radical (unpaired) electrons. The van der Waals surface area contributed by atoms with Crippen molar-refractivity contribution in [1.29, 1.82) is 0 Å². The standard InChI is InChI=1S/C23H20F9NO2/c1-35-20(34)9-13-8-19(14-2-4-16(5-3-14)21(24,25)26)33(11-13)12-15-10-17(22(27,28)29)6-7-18(15)23(30,31)32/h2-7,10,13,19H,8-9,11-12H2,1H3/t13-,19+/m0/s1. The average Bonchev–Trinajstić information content (AvgIpc) is 3.13. The number of hydrogen-bond donors (Lipinski definition) is 0. The van der Waals surface area contributed by atoms with Crippen LogP contribution in [0.3, 0.4) is 0 Å². The van der Waals surface area contributed by atoms with E-state index in [-0.39, 0.29) is 19.4 Å². The predicted octanol–water partition coefficient (Wildman–Crippen LogP) is 6.87. The molecule has 0 spiro atoms. The molecule has 3 nitrogen and oxygen atoms in total. The van der Waals surface area contributed by atoms with Crippen LogP contribution in [0.2, 0.25) is 0 Å². The van der Waals surface area contributed by atoms with Crippen molar-refractivity contribution < 1.29 is 49.0 Å². The zero-order chi connectivity index (χ0) is 26.2. The van der Waals surface area contributed by atoms with Crippen LogP contribution in [0, 0.1) is 5.92 Å². The smallest absolute Gasteiger partial charge is 0.416 e. The second-order valence-electron chi connectivity index (χ2n) is 8.31. The summed E-state index contributed by atoms with van der Waals surface area (Å²) in [5.41, 5.74) is -3.70. The summed E-state index contributed by atoms with van der Waals surface area (Å²) in [7, 11) is 1.15. The molecule has 1 saturated heterocycles. The summed E-state index contributed by atoms with van der Waals surface area (Å²) in [6.07, 6.45) is -14.3. The first-order valence-corrected chi connectivity index (χ1v) is 10.3. The fourth-order valence-corrected chi connectivity index (χ4v) is 4.28. The van der Waals surface area contributed by atoms with E-state index in [9.17, 15) is 44.3 Å². The van der Waals surface area contributed by atoms with E-state index >= 15 is 0 Å². The summed E-state index contributed by atoms with van der Waals surface area (Å²) >= 11 is 0. The molecule has 1 aliphatic rings. The van der Waals surface area contributed by atoms with E-state index in [1.807, 2.05) is 0 Å². The second-order valence-corrected chi connectivity index (χ2v) is 8.31. The number of carbonyl (C=O) groups excluding carboxylic acids is 1. The number of ether oxygens (including phenoxy) is 1. The number of nitrogens with zero attached hydrogens (tertiary/aromatic N) is 1. The van der Waals surface area contributed by atoms with Gasteiger partial charge in [0, 0.05) is 25.6 Å². The number of halogens is 9. The highest BCUT2D eigenvalue weighted by Gasteiger charge is 2.40. The molecule has 1 fully saturated rings. The molecule has 0 aliphatic carbocycles. The summed E-state index contributed by atoms with van der Waals surface area (Å²) in [6.45, 7) is -0.517. The Labute approximate surface area is 194 Å². The van der Waals surface area contributed by atoms with E-state index in [0.717, 1.165) is 19.2 Å². The summed E-state index contributed by atoms with van der Waals surface area (Å²) < 4.78 is 124. The third kappa shape index (κ3) is 6.47. The molecule has 2 atom stereocenters. The quantitative estimate of drug-likeness (QED) is 0.323. The van der Waals surface area contributed by atoms with Gasteiger partial charge < -0.3 is 4.74 Å². The van der Waals surface area contributed by atoms with Gasteiger partial charge in [-0.3, -0.25) is 9.69 Å². The van der Waals surface area contributed by atoms with Crippen molar-refractivity contribution in [1.82, 2.24) is 4.90 Å². The van der Waals surface area contributed by atoms with Gasteiger partial charge in [-0.25, -0.2) is 0 Å². The first kappa shape index (κ1) is 26.8. The maximum Gasteiger partial charge on any atom is 0.416 e. The van der Waals surface area contributed by atoms with Gasteiger partial charge in [0.05, 0.1) is 23.8 Å². The number of esters is 1. The number of methoxy groups -OCH3 is 1. The van der Waals surface area contributed by atoms with E-state index < -0.39 is 65.3 Å². The van der Waals surface area contributed by atoms with Crippen LogP contribution in [0.15, 0.2) is 42.5 Å². The summed E-state index contributed by atoms with van der Waals surface area (Å²) in [6, 6.07) is 4.44. The van der Waals surface area contributed by atoms with Crippen molar-refractivity contribution in [3.63, 3.8) is 0 Å². The Morgan fingerprint density at radius 2 is 1.46 bits per heavy atom. The monoisotopic (exact) mass is 513 g/mol. The van der Waals surface area contributed by atoms with Gasteiger partial charge in [-0.2, -0.15) is 39.5 Å². The van der Waals surface area contributed by atoms with Crippen molar-refractivity contribution in [2.24, 2.45) is 5.92 Å². The van der Waals surface area contributed by atoms with Crippen LogP contribution in [0.25, 0.3) is 0 Å². The van der Waals surface area contributed by atoms with Gasteiger partial charge in [-0.05, 0) is 53.8 Å².